The molecule has 3 rings (SSSR count). The molecule has 1 aromatic carbocycles. The van der Waals surface area contributed by atoms with E-state index in [9.17, 15) is 9.90 Å². The Labute approximate surface area is 150 Å². The molecule has 0 saturated heterocycles. The van der Waals surface area contributed by atoms with E-state index in [-0.39, 0.29) is 17.2 Å². The number of carbonyl (C=O) groups is 1. The van der Waals surface area contributed by atoms with Crippen LogP contribution in [-0.4, -0.2) is 38.7 Å². The van der Waals surface area contributed by atoms with Gasteiger partial charge in [0.2, 0.25) is 11.7 Å². The zero-order chi connectivity index (χ0) is 18.1. The highest BCUT2D eigenvalue weighted by Crippen LogP contribution is 2.36. The Morgan fingerprint density at radius 3 is 2.84 bits per heavy atom. The number of aromatic hydroxyl groups is 1. The second-order valence-electron chi connectivity index (χ2n) is 5.91. The lowest BCUT2D eigenvalue weighted by Crippen LogP contribution is -2.14. The normalized spacial score (nSPS) is 15.3. The molecule has 0 fully saturated rings. The molecule has 0 radical (unpaired) electrons. The van der Waals surface area contributed by atoms with E-state index >= 15 is 0 Å². The monoisotopic (exact) mass is 359 g/mol. The van der Waals surface area contributed by atoms with Crippen molar-refractivity contribution in [3.8, 4) is 5.88 Å². The summed E-state index contributed by atoms with van der Waals surface area (Å²) in [6, 6.07) is 3.72. The van der Waals surface area contributed by atoms with Crippen molar-refractivity contribution in [2.75, 3.05) is 12.4 Å². The molecule has 0 bridgehead atoms. The van der Waals surface area contributed by atoms with Gasteiger partial charge in [0.05, 0.1) is 11.4 Å². The first-order valence-electron chi connectivity index (χ1n) is 8.18. The highest BCUT2D eigenvalue weighted by molar-refractivity contribution is 7.99. The average Bonchev–Trinajstić information content (AvgIpc) is 2.85. The number of fused-ring (bicyclic) bond motifs is 1. The van der Waals surface area contributed by atoms with Crippen molar-refractivity contribution in [1.82, 2.24) is 9.78 Å². The van der Waals surface area contributed by atoms with Gasteiger partial charge < -0.3 is 9.94 Å². The number of aryl methyl sites for hydroxylation is 2. The molecule has 0 saturated carbocycles. The fourth-order valence-corrected chi connectivity index (χ4v) is 4.19. The van der Waals surface area contributed by atoms with Crippen molar-refractivity contribution in [3.05, 3.63) is 40.1 Å². The number of hydrogen-bond acceptors (Lipinski definition) is 6. The van der Waals surface area contributed by atoms with E-state index in [1.54, 1.807) is 31.8 Å². The van der Waals surface area contributed by atoms with E-state index in [4.69, 9.17) is 4.84 Å². The van der Waals surface area contributed by atoms with Crippen molar-refractivity contribution in [1.29, 1.82) is 0 Å². The maximum absolute atomic E-state index is 13.0. The molecular formula is C18H21N3O3S. The number of rotatable bonds is 4. The third-order valence-electron chi connectivity index (χ3n) is 4.27. The van der Waals surface area contributed by atoms with Crippen molar-refractivity contribution in [3.63, 3.8) is 0 Å². The first-order chi connectivity index (χ1) is 12.0. The third-order valence-corrected chi connectivity index (χ3v) is 5.49. The fraction of sp³-hybridized carbons (Fsp3) is 0.389. The van der Waals surface area contributed by atoms with Gasteiger partial charge in [-0.25, -0.2) is 4.68 Å². The summed E-state index contributed by atoms with van der Waals surface area (Å²) in [5, 5.41) is 18.5. The Bertz CT molecular complexity index is 871. The summed E-state index contributed by atoms with van der Waals surface area (Å²) in [4.78, 5) is 19.3. The van der Waals surface area contributed by atoms with Crippen LogP contribution in [-0.2, 0) is 11.9 Å². The number of carbonyl (C=O) groups excluding carboxylic acids is 1. The van der Waals surface area contributed by atoms with Crippen molar-refractivity contribution >= 4 is 23.3 Å². The van der Waals surface area contributed by atoms with Gasteiger partial charge in [0.1, 0.15) is 12.2 Å². The lowest BCUT2D eigenvalue weighted by atomic mass is 9.95. The summed E-state index contributed by atoms with van der Waals surface area (Å²) in [6.45, 7) is 6.09. The van der Waals surface area contributed by atoms with E-state index in [1.165, 1.54) is 4.68 Å². The van der Waals surface area contributed by atoms with Gasteiger partial charge in [0.15, 0.2) is 0 Å². The van der Waals surface area contributed by atoms with E-state index in [1.807, 2.05) is 19.9 Å². The molecule has 1 aliphatic rings. The third kappa shape index (κ3) is 3.04. The quantitative estimate of drug-likeness (QED) is 0.670. The van der Waals surface area contributed by atoms with Crippen LogP contribution >= 0.6 is 11.8 Å². The molecular weight excluding hydrogens is 338 g/mol. The van der Waals surface area contributed by atoms with E-state index in [2.05, 4.69) is 10.3 Å². The largest absolute Gasteiger partial charge is 0.493 e. The molecule has 1 N–H and O–H groups in total. The SMILES string of the molecule is CCON=C1CCSc2c1ccc(C(=O)c1c(C)nn(C)c1O)c2C. The summed E-state index contributed by atoms with van der Waals surface area (Å²) in [6.07, 6.45) is 0.840. The van der Waals surface area contributed by atoms with E-state index in [0.717, 1.165) is 33.9 Å². The van der Waals surface area contributed by atoms with Crippen LogP contribution in [0.1, 0.15) is 46.1 Å². The highest BCUT2D eigenvalue weighted by atomic mass is 32.2. The average molecular weight is 359 g/mol. The summed E-state index contributed by atoms with van der Waals surface area (Å²) < 4.78 is 1.32. The van der Waals surface area contributed by atoms with Crippen molar-refractivity contribution < 1.29 is 14.7 Å². The number of benzene rings is 1. The number of aromatic nitrogens is 2. The molecule has 6 nitrogen and oxygen atoms in total. The van der Waals surface area contributed by atoms with Gasteiger partial charge >= 0.3 is 0 Å². The Balaban J connectivity index is 2.07. The molecule has 1 aliphatic heterocycles. The molecule has 0 atom stereocenters. The van der Waals surface area contributed by atoms with Gasteiger partial charge in [-0.3, -0.25) is 4.79 Å². The standard InChI is InChI=1S/C18H21N3O3S/c1-5-24-20-14-8-9-25-17-10(2)12(6-7-13(14)17)16(22)15-11(3)19-21(4)18(15)23/h6-7,23H,5,8-9H2,1-4H3. The van der Waals surface area contributed by atoms with E-state index < -0.39 is 0 Å². The lowest BCUT2D eigenvalue weighted by Gasteiger charge is -2.20. The molecule has 132 valence electrons. The minimum Gasteiger partial charge on any atom is -0.493 e. The van der Waals surface area contributed by atoms with Crippen molar-refractivity contribution in [2.24, 2.45) is 12.2 Å². The Morgan fingerprint density at radius 1 is 1.44 bits per heavy atom. The van der Waals surface area contributed by atoms with Crippen LogP contribution in [0.3, 0.4) is 0 Å². The second-order valence-corrected chi connectivity index (χ2v) is 7.01. The van der Waals surface area contributed by atoms with Crippen molar-refractivity contribution in [2.45, 2.75) is 32.1 Å². The zero-order valence-corrected chi connectivity index (χ0v) is 15.6. The van der Waals surface area contributed by atoms with Crippen LogP contribution in [0.25, 0.3) is 0 Å². The molecule has 0 amide bonds. The first kappa shape index (κ1) is 17.5. The molecule has 25 heavy (non-hydrogen) atoms. The van der Waals surface area contributed by atoms with E-state index in [0.29, 0.717) is 17.9 Å². The maximum atomic E-state index is 13.0. The van der Waals surface area contributed by atoms with Gasteiger partial charge in [-0.05, 0) is 26.3 Å². The van der Waals surface area contributed by atoms with Gasteiger partial charge in [-0.15, -0.1) is 11.8 Å². The van der Waals surface area contributed by atoms with Crippen LogP contribution in [0, 0.1) is 13.8 Å². The van der Waals surface area contributed by atoms with Crippen LogP contribution in [0.15, 0.2) is 22.2 Å². The summed E-state index contributed by atoms with van der Waals surface area (Å²) in [5.74, 6) is 0.581. The number of thioether (sulfide) groups is 1. The molecule has 2 aromatic rings. The molecule has 1 aromatic heterocycles. The fourth-order valence-electron chi connectivity index (χ4n) is 3.02. The van der Waals surface area contributed by atoms with Gasteiger partial charge in [-0.2, -0.15) is 5.10 Å². The van der Waals surface area contributed by atoms with Crippen LogP contribution in [0.2, 0.25) is 0 Å². The Kier molecular flexibility index (Phi) is 4.85. The first-order valence-corrected chi connectivity index (χ1v) is 9.17. The Morgan fingerprint density at radius 2 is 2.20 bits per heavy atom. The van der Waals surface area contributed by atoms with Gasteiger partial charge in [0, 0.05) is 35.2 Å². The predicted molar refractivity (Wildman–Crippen MR) is 97.7 cm³/mol. The summed E-state index contributed by atoms with van der Waals surface area (Å²) in [7, 11) is 1.62. The molecule has 0 aliphatic carbocycles. The lowest BCUT2D eigenvalue weighted by molar-refractivity contribution is 0.103. The maximum Gasteiger partial charge on any atom is 0.220 e. The van der Waals surface area contributed by atoms with Gasteiger partial charge in [-0.1, -0.05) is 17.3 Å². The Hall–Kier alpha value is -2.28. The minimum absolute atomic E-state index is 0.106. The van der Waals surface area contributed by atoms with Gasteiger partial charge in [0.25, 0.3) is 0 Å². The molecule has 7 heteroatoms. The number of oxime groups is 1. The van der Waals surface area contributed by atoms with Crippen LogP contribution < -0.4 is 0 Å². The molecule has 0 spiro atoms. The number of ketones is 1. The zero-order valence-electron chi connectivity index (χ0n) is 14.8. The van der Waals surface area contributed by atoms with Crippen LogP contribution in [0.5, 0.6) is 5.88 Å². The number of nitrogens with zero attached hydrogens (tertiary/aromatic N) is 3. The highest BCUT2D eigenvalue weighted by Gasteiger charge is 2.26. The summed E-state index contributed by atoms with van der Waals surface area (Å²) >= 11 is 1.72. The molecule has 0 unspecified atom stereocenters. The summed E-state index contributed by atoms with van der Waals surface area (Å²) in [5.41, 5.74) is 4.20. The molecule has 2 heterocycles. The predicted octanol–water partition coefficient (Wildman–Crippen LogP) is 3.21. The topological polar surface area (TPSA) is 76.7 Å². The second kappa shape index (κ2) is 6.92. The smallest absolute Gasteiger partial charge is 0.220 e. The van der Waals surface area contributed by atoms with Crippen LogP contribution in [0.4, 0.5) is 0 Å². The number of hydrogen-bond donors (Lipinski definition) is 1. The minimum atomic E-state index is -0.210.